The summed E-state index contributed by atoms with van der Waals surface area (Å²) in [5, 5.41) is 10.8. The molecule has 96 valence electrons. The van der Waals surface area contributed by atoms with Gasteiger partial charge in [-0.2, -0.15) is 0 Å². The molecule has 0 aromatic carbocycles. The summed E-state index contributed by atoms with van der Waals surface area (Å²) in [6.07, 6.45) is 4.59. The van der Waals surface area contributed by atoms with Crippen molar-refractivity contribution >= 4 is 21.4 Å². The highest BCUT2D eigenvalue weighted by atomic mass is 32.2. The van der Waals surface area contributed by atoms with Crippen molar-refractivity contribution in [1.29, 1.82) is 0 Å². The molecule has 1 saturated carbocycles. The summed E-state index contributed by atoms with van der Waals surface area (Å²) in [5.41, 5.74) is -0.868. The van der Waals surface area contributed by atoms with E-state index >= 15 is 0 Å². The van der Waals surface area contributed by atoms with E-state index in [1.807, 2.05) is 0 Å². The predicted octanol–water partition coefficient (Wildman–Crippen LogP) is 1.03. The van der Waals surface area contributed by atoms with Crippen LogP contribution in [0.15, 0.2) is 10.4 Å². The molecule has 0 radical (unpaired) electrons. The van der Waals surface area contributed by atoms with Gasteiger partial charge in [-0.1, -0.05) is 12.8 Å². The standard InChI is InChI=1S/C10H16N2O3S2/c1-8-11-6-9(16-8)17(14,15)12-7-10(13)4-2-3-5-10/h6,12-13H,2-5,7H2,1H3. The summed E-state index contributed by atoms with van der Waals surface area (Å²) in [7, 11) is -3.52. The van der Waals surface area contributed by atoms with E-state index in [1.54, 1.807) is 6.92 Å². The maximum absolute atomic E-state index is 11.9. The number of aryl methyl sites for hydroxylation is 1. The number of nitrogens with one attached hydrogen (secondary N) is 1. The fourth-order valence-corrected chi connectivity index (χ4v) is 4.25. The van der Waals surface area contributed by atoms with Gasteiger partial charge < -0.3 is 5.11 Å². The van der Waals surface area contributed by atoms with Crippen LogP contribution in [-0.4, -0.2) is 30.7 Å². The molecule has 0 unspecified atom stereocenters. The Morgan fingerprint density at radius 3 is 2.71 bits per heavy atom. The Morgan fingerprint density at radius 1 is 1.53 bits per heavy atom. The van der Waals surface area contributed by atoms with Crippen LogP contribution >= 0.6 is 11.3 Å². The Labute approximate surface area is 105 Å². The summed E-state index contributed by atoms with van der Waals surface area (Å²) in [5.74, 6) is 0. The maximum Gasteiger partial charge on any atom is 0.251 e. The van der Waals surface area contributed by atoms with Gasteiger partial charge >= 0.3 is 0 Å². The van der Waals surface area contributed by atoms with Crippen LogP contribution in [0.25, 0.3) is 0 Å². The van der Waals surface area contributed by atoms with Crippen molar-refractivity contribution in [1.82, 2.24) is 9.71 Å². The molecule has 17 heavy (non-hydrogen) atoms. The molecule has 1 fully saturated rings. The Bertz CT molecular complexity index is 489. The molecule has 0 aliphatic heterocycles. The highest BCUT2D eigenvalue weighted by Crippen LogP contribution is 2.29. The highest BCUT2D eigenvalue weighted by Gasteiger charge is 2.32. The Hall–Kier alpha value is -0.500. The average Bonchev–Trinajstić information content (AvgIpc) is 2.86. The summed E-state index contributed by atoms with van der Waals surface area (Å²) < 4.78 is 26.5. The Balaban J connectivity index is 2.03. The van der Waals surface area contributed by atoms with Crippen LogP contribution in [0.4, 0.5) is 0 Å². The molecule has 1 aromatic heterocycles. The zero-order valence-corrected chi connectivity index (χ0v) is 11.3. The number of hydrogen-bond acceptors (Lipinski definition) is 5. The van der Waals surface area contributed by atoms with Gasteiger partial charge in [0.15, 0.2) is 4.21 Å². The van der Waals surface area contributed by atoms with Crippen molar-refractivity contribution in [2.75, 3.05) is 6.54 Å². The van der Waals surface area contributed by atoms with Gasteiger partial charge in [-0.15, -0.1) is 11.3 Å². The summed E-state index contributed by atoms with van der Waals surface area (Å²) >= 11 is 1.13. The number of hydrogen-bond donors (Lipinski definition) is 2. The third-order valence-electron chi connectivity index (χ3n) is 2.99. The van der Waals surface area contributed by atoms with Gasteiger partial charge in [0.1, 0.15) is 0 Å². The average molecular weight is 276 g/mol. The quantitative estimate of drug-likeness (QED) is 0.861. The number of nitrogens with zero attached hydrogens (tertiary/aromatic N) is 1. The smallest absolute Gasteiger partial charge is 0.251 e. The van der Waals surface area contributed by atoms with E-state index in [2.05, 4.69) is 9.71 Å². The third-order valence-corrected chi connectivity index (χ3v) is 5.77. The normalized spacial score (nSPS) is 19.6. The molecule has 5 nitrogen and oxygen atoms in total. The van der Waals surface area contributed by atoms with Crippen LogP contribution in [0.5, 0.6) is 0 Å². The van der Waals surface area contributed by atoms with Crippen LogP contribution in [-0.2, 0) is 10.0 Å². The fourth-order valence-electron chi connectivity index (χ4n) is 1.98. The van der Waals surface area contributed by atoms with Crippen molar-refractivity contribution in [2.45, 2.75) is 42.4 Å². The lowest BCUT2D eigenvalue weighted by Crippen LogP contribution is -2.40. The maximum atomic E-state index is 11.9. The second-order valence-corrected chi connectivity index (χ2v) is 7.68. The Kier molecular flexibility index (Phi) is 3.53. The first-order valence-electron chi connectivity index (χ1n) is 5.56. The predicted molar refractivity (Wildman–Crippen MR) is 65.5 cm³/mol. The van der Waals surface area contributed by atoms with Crippen LogP contribution in [0.2, 0.25) is 0 Å². The number of aliphatic hydroxyl groups is 1. The van der Waals surface area contributed by atoms with E-state index in [4.69, 9.17) is 0 Å². The molecule has 1 heterocycles. The van der Waals surface area contributed by atoms with Crippen molar-refractivity contribution in [2.24, 2.45) is 0 Å². The van der Waals surface area contributed by atoms with E-state index in [0.717, 1.165) is 24.2 Å². The molecule has 0 atom stereocenters. The molecule has 7 heteroatoms. The van der Waals surface area contributed by atoms with Gasteiger partial charge in [-0.3, -0.25) is 0 Å². The third kappa shape index (κ3) is 3.04. The topological polar surface area (TPSA) is 79.3 Å². The molecule has 2 N–H and O–H groups in total. The summed E-state index contributed by atoms with van der Waals surface area (Å²) in [6, 6.07) is 0. The number of thiazole rings is 1. The molecule has 0 bridgehead atoms. The number of aromatic nitrogens is 1. The van der Waals surface area contributed by atoms with Crippen LogP contribution in [0, 0.1) is 6.92 Å². The van der Waals surface area contributed by atoms with Gasteiger partial charge in [0.2, 0.25) is 0 Å². The highest BCUT2D eigenvalue weighted by molar-refractivity contribution is 7.91. The Morgan fingerprint density at radius 2 is 2.18 bits per heavy atom. The van der Waals surface area contributed by atoms with E-state index in [1.165, 1.54) is 6.20 Å². The lowest BCUT2D eigenvalue weighted by atomic mass is 10.0. The van der Waals surface area contributed by atoms with Gasteiger partial charge in [0.05, 0.1) is 16.8 Å². The zero-order valence-electron chi connectivity index (χ0n) is 9.64. The molecular formula is C10H16N2O3S2. The monoisotopic (exact) mass is 276 g/mol. The molecular weight excluding hydrogens is 260 g/mol. The van der Waals surface area contributed by atoms with Crippen LogP contribution in [0.1, 0.15) is 30.7 Å². The first-order valence-corrected chi connectivity index (χ1v) is 7.86. The zero-order chi connectivity index (χ0) is 12.5. The van der Waals surface area contributed by atoms with Crippen LogP contribution in [0.3, 0.4) is 0 Å². The van der Waals surface area contributed by atoms with Gasteiger partial charge in [-0.05, 0) is 19.8 Å². The largest absolute Gasteiger partial charge is 0.389 e. The van der Waals surface area contributed by atoms with Crippen molar-refractivity contribution in [3.63, 3.8) is 0 Å². The summed E-state index contributed by atoms with van der Waals surface area (Å²) in [4.78, 5) is 3.92. The van der Waals surface area contributed by atoms with Crippen molar-refractivity contribution in [3.8, 4) is 0 Å². The minimum atomic E-state index is -3.52. The van der Waals surface area contributed by atoms with Crippen LogP contribution < -0.4 is 4.72 Å². The van der Waals surface area contributed by atoms with E-state index in [0.29, 0.717) is 17.8 Å². The SMILES string of the molecule is Cc1ncc(S(=O)(=O)NCC2(O)CCCC2)s1. The minimum absolute atomic E-state index is 0.0896. The lowest BCUT2D eigenvalue weighted by molar-refractivity contribution is 0.0532. The van der Waals surface area contributed by atoms with E-state index in [-0.39, 0.29) is 10.8 Å². The molecule has 0 saturated heterocycles. The first-order chi connectivity index (χ1) is 7.91. The van der Waals surface area contributed by atoms with Gasteiger partial charge in [0.25, 0.3) is 10.0 Å². The second kappa shape index (κ2) is 4.64. The van der Waals surface area contributed by atoms with E-state index in [9.17, 15) is 13.5 Å². The van der Waals surface area contributed by atoms with Crippen molar-refractivity contribution < 1.29 is 13.5 Å². The lowest BCUT2D eigenvalue weighted by Gasteiger charge is -2.21. The molecule has 0 spiro atoms. The van der Waals surface area contributed by atoms with Gasteiger partial charge in [-0.25, -0.2) is 18.1 Å². The molecule has 1 aliphatic carbocycles. The fraction of sp³-hybridized carbons (Fsp3) is 0.700. The molecule has 2 rings (SSSR count). The van der Waals surface area contributed by atoms with E-state index < -0.39 is 15.6 Å². The molecule has 1 aliphatic rings. The molecule has 1 aromatic rings. The van der Waals surface area contributed by atoms with Crippen molar-refractivity contribution in [3.05, 3.63) is 11.2 Å². The first kappa shape index (κ1) is 12.9. The number of sulfonamides is 1. The summed E-state index contributed by atoms with van der Waals surface area (Å²) in [6.45, 7) is 1.85. The van der Waals surface area contributed by atoms with Gasteiger partial charge in [0, 0.05) is 6.54 Å². The minimum Gasteiger partial charge on any atom is -0.389 e. The second-order valence-electron chi connectivity index (χ2n) is 4.45. The number of rotatable bonds is 4. The molecule has 0 amide bonds.